The van der Waals surface area contributed by atoms with Crippen LogP contribution in [0.4, 0.5) is 13.2 Å². The highest BCUT2D eigenvalue weighted by atomic mass is 19.4. The second-order valence-electron chi connectivity index (χ2n) is 8.00. The molecule has 4 rings (SSSR count). The fourth-order valence-electron chi connectivity index (χ4n) is 4.48. The SMILES string of the molecule is O=C(Oc1ccc(CN2CC3CNCC3C2)c(C(F)(F)F)c1)C1CCOCC1. The molecule has 5 nitrogen and oxygen atoms in total. The third-order valence-electron chi connectivity index (χ3n) is 6.02. The lowest BCUT2D eigenvalue weighted by atomic mass is 10.0. The number of nitrogens with one attached hydrogen (secondary N) is 1. The first-order valence-electron chi connectivity index (χ1n) is 9.83. The molecule has 0 radical (unpaired) electrons. The van der Waals surface area contributed by atoms with Crippen LogP contribution in [0.5, 0.6) is 5.75 Å². The summed E-state index contributed by atoms with van der Waals surface area (Å²) < 4.78 is 51.4. The third-order valence-corrected chi connectivity index (χ3v) is 6.02. The maximum Gasteiger partial charge on any atom is 0.416 e. The van der Waals surface area contributed by atoms with E-state index in [0.717, 1.165) is 32.2 Å². The zero-order valence-electron chi connectivity index (χ0n) is 15.6. The van der Waals surface area contributed by atoms with Gasteiger partial charge in [0.25, 0.3) is 0 Å². The molecule has 1 N–H and O–H groups in total. The van der Waals surface area contributed by atoms with E-state index in [2.05, 4.69) is 10.2 Å². The first-order valence-corrected chi connectivity index (χ1v) is 9.83. The normalized spacial score (nSPS) is 26.4. The van der Waals surface area contributed by atoms with E-state index in [1.807, 2.05) is 0 Å². The molecule has 154 valence electrons. The number of halogens is 3. The van der Waals surface area contributed by atoms with Gasteiger partial charge in [0.1, 0.15) is 5.75 Å². The van der Waals surface area contributed by atoms with E-state index < -0.39 is 17.7 Å². The van der Waals surface area contributed by atoms with Crippen LogP contribution in [-0.4, -0.2) is 50.3 Å². The van der Waals surface area contributed by atoms with Crippen molar-refractivity contribution in [3.8, 4) is 5.75 Å². The molecule has 28 heavy (non-hydrogen) atoms. The Morgan fingerprint density at radius 2 is 1.86 bits per heavy atom. The Morgan fingerprint density at radius 3 is 2.50 bits per heavy atom. The molecule has 0 spiro atoms. The second-order valence-corrected chi connectivity index (χ2v) is 8.00. The third kappa shape index (κ3) is 4.34. The second kappa shape index (κ2) is 8.00. The van der Waals surface area contributed by atoms with Crippen molar-refractivity contribution >= 4 is 5.97 Å². The van der Waals surface area contributed by atoms with Gasteiger partial charge in [0.2, 0.25) is 0 Å². The van der Waals surface area contributed by atoms with Crippen molar-refractivity contribution in [2.75, 3.05) is 39.4 Å². The lowest BCUT2D eigenvalue weighted by Crippen LogP contribution is -2.28. The summed E-state index contributed by atoms with van der Waals surface area (Å²) in [6.07, 6.45) is -3.42. The van der Waals surface area contributed by atoms with Crippen molar-refractivity contribution in [2.45, 2.75) is 25.6 Å². The Balaban J connectivity index is 1.47. The van der Waals surface area contributed by atoms with E-state index in [-0.39, 0.29) is 23.8 Å². The summed E-state index contributed by atoms with van der Waals surface area (Å²) in [7, 11) is 0. The molecule has 8 heteroatoms. The number of alkyl halides is 3. The zero-order chi connectivity index (χ0) is 19.7. The summed E-state index contributed by atoms with van der Waals surface area (Å²) in [5.74, 6) is 0.197. The minimum Gasteiger partial charge on any atom is -0.426 e. The molecule has 0 aromatic heterocycles. The van der Waals surface area contributed by atoms with Crippen LogP contribution in [-0.2, 0) is 22.3 Å². The molecule has 0 saturated carbocycles. The molecule has 0 amide bonds. The topological polar surface area (TPSA) is 50.8 Å². The van der Waals surface area contributed by atoms with Gasteiger partial charge in [0.05, 0.1) is 11.5 Å². The smallest absolute Gasteiger partial charge is 0.416 e. The predicted molar refractivity (Wildman–Crippen MR) is 95.7 cm³/mol. The summed E-state index contributed by atoms with van der Waals surface area (Å²) >= 11 is 0. The van der Waals surface area contributed by atoms with E-state index in [4.69, 9.17) is 9.47 Å². The van der Waals surface area contributed by atoms with Gasteiger partial charge in [0.15, 0.2) is 0 Å². The Morgan fingerprint density at radius 1 is 1.18 bits per heavy atom. The van der Waals surface area contributed by atoms with E-state index in [1.54, 1.807) is 0 Å². The highest BCUT2D eigenvalue weighted by Gasteiger charge is 2.38. The number of benzene rings is 1. The van der Waals surface area contributed by atoms with Crippen molar-refractivity contribution in [1.82, 2.24) is 10.2 Å². The van der Waals surface area contributed by atoms with Crippen molar-refractivity contribution in [3.63, 3.8) is 0 Å². The van der Waals surface area contributed by atoms with Crippen LogP contribution >= 0.6 is 0 Å². The van der Waals surface area contributed by atoms with Crippen LogP contribution in [0.2, 0.25) is 0 Å². The number of nitrogens with zero attached hydrogens (tertiary/aromatic N) is 1. The first-order chi connectivity index (χ1) is 13.4. The van der Waals surface area contributed by atoms with Crippen LogP contribution < -0.4 is 10.1 Å². The van der Waals surface area contributed by atoms with Gasteiger partial charge in [-0.2, -0.15) is 13.2 Å². The number of fused-ring (bicyclic) bond motifs is 1. The molecule has 3 aliphatic rings. The highest BCUT2D eigenvalue weighted by molar-refractivity contribution is 5.75. The van der Waals surface area contributed by atoms with Gasteiger partial charge in [-0.15, -0.1) is 0 Å². The molecule has 3 fully saturated rings. The molecule has 0 aliphatic carbocycles. The molecule has 0 bridgehead atoms. The van der Waals surface area contributed by atoms with Gasteiger partial charge in [-0.25, -0.2) is 0 Å². The molecule has 1 aromatic rings. The summed E-state index contributed by atoms with van der Waals surface area (Å²) in [5, 5.41) is 3.33. The van der Waals surface area contributed by atoms with E-state index in [1.165, 1.54) is 12.1 Å². The standard InChI is InChI=1S/C20H25F3N2O3/c21-20(22,23)18-7-17(28-19(26)13-3-5-27-6-4-13)2-1-14(18)10-25-11-15-8-24-9-16(15)12-25/h1-2,7,13,15-16,24H,3-6,8-12H2. The van der Waals surface area contributed by atoms with Crippen LogP contribution in [0.1, 0.15) is 24.0 Å². The fourth-order valence-corrected chi connectivity index (χ4v) is 4.48. The summed E-state index contributed by atoms with van der Waals surface area (Å²) in [6.45, 7) is 4.71. The number of likely N-dealkylation sites (tertiary alicyclic amines) is 1. The Kier molecular flexibility index (Phi) is 5.62. The number of hydrogen-bond acceptors (Lipinski definition) is 5. The maximum atomic E-state index is 13.6. The van der Waals surface area contributed by atoms with Gasteiger partial charge in [-0.3, -0.25) is 9.69 Å². The molecule has 2 atom stereocenters. The number of carbonyl (C=O) groups is 1. The first kappa shape index (κ1) is 19.7. The lowest BCUT2D eigenvalue weighted by Gasteiger charge is -2.22. The van der Waals surface area contributed by atoms with Crippen molar-refractivity contribution in [3.05, 3.63) is 29.3 Å². The van der Waals surface area contributed by atoms with Gasteiger partial charge in [-0.1, -0.05) is 6.07 Å². The van der Waals surface area contributed by atoms with Crippen molar-refractivity contribution in [2.24, 2.45) is 17.8 Å². The molecule has 3 saturated heterocycles. The molecule has 3 heterocycles. The molecular formula is C20H25F3N2O3. The monoisotopic (exact) mass is 398 g/mol. The maximum absolute atomic E-state index is 13.6. The minimum atomic E-state index is -4.49. The number of hydrogen-bond donors (Lipinski definition) is 1. The average molecular weight is 398 g/mol. The van der Waals surface area contributed by atoms with Gasteiger partial charge in [0, 0.05) is 32.8 Å². The number of carbonyl (C=O) groups excluding carboxylic acids is 1. The zero-order valence-corrected chi connectivity index (χ0v) is 15.6. The van der Waals surface area contributed by atoms with Gasteiger partial charge in [-0.05, 0) is 55.5 Å². The quantitative estimate of drug-likeness (QED) is 0.624. The molecule has 3 aliphatic heterocycles. The largest absolute Gasteiger partial charge is 0.426 e. The Labute approximate surface area is 162 Å². The van der Waals surface area contributed by atoms with E-state index in [9.17, 15) is 18.0 Å². The van der Waals surface area contributed by atoms with E-state index >= 15 is 0 Å². The predicted octanol–water partition coefficient (Wildman–Crippen LogP) is 2.69. The number of ether oxygens (including phenoxy) is 2. The minimum absolute atomic E-state index is 0.0462. The summed E-state index contributed by atoms with van der Waals surface area (Å²) in [6, 6.07) is 3.88. The molecule has 1 aromatic carbocycles. The Bertz CT molecular complexity index is 707. The highest BCUT2D eigenvalue weighted by Crippen LogP contribution is 2.36. The van der Waals surface area contributed by atoms with Crippen LogP contribution in [0.3, 0.4) is 0 Å². The number of rotatable bonds is 4. The number of esters is 1. The lowest BCUT2D eigenvalue weighted by molar-refractivity contribution is -0.143. The molecule has 2 unspecified atom stereocenters. The van der Waals surface area contributed by atoms with Crippen LogP contribution in [0.15, 0.2) is 18.2 Å². The summed E-state index contributed by atoms with van der Waals surface area (Å²) in [4.78, 5) is 14.3. The average Bonchev–Trinajstić information content (AvgIpc) is 3.24. The van der Waals surface area contributed by atoms with Crippen LogP contribution in [0, 0.1) is 17.8 Å². The van der Waals surface area contributed by atoms with Gasteiger partial charge < -0.3 is 14.8 Å². The fraction of sp³-hybridized carbons (Fsp3) is 0.650. The van der Waals surface area contributed by atoms with Crippen molar-refractivity contribution in [1.29, 1.82) is 0 Å². The van der Waals surface area contributed by atoms with Crippen LogP contribution in [0.25, 0.3) is 0 Å². The van der Waals surface area contributed by atoms with Gasteiger partial charge >= 0.3 is 12.1 Å². The Hall–Kier alpha value is -1.64. The molecular weight excluding hydrogens is 373 g/mol. The van der Waals surface area contributed by atoms with Crippen molar-refractivity contribution < 1.29 is 27.4 Å². The van der Waals surface area contributed by atoms with E-state index in [0.29, 0.717) is 37.9 Å². The summed E-state index contributed by atoms with van der Waals surface area (Å²) in [5.41, 5.74) is -0.494.